The van der Waals surface area contributed by atoms with Gasteiger partial charge in [-0.2, -0.15) is 5.10 Å². The summed E-state index contributed by atoms with van der Waals surface area (Å²) in [5.41, 5.74) is 5.38. The highest BCUT2D eigenvalue weighted by Gasteiger charge is 2.12. The zero-order valence-electron chi connectivity index (χ0n) is 13.9. The van der Waals surface area contributed by atoms with E-state index in [1.807, 2.05) is 42.5 Å². The lowest BCUT2D eigenvalue weighted by atomic mass is 10.1. The molecule has 0 saturated carbocycles. The Hall–Kier alpha value is -2.20. The fourth-order valence-corrected chi connectivity index (χ4v) is 3.00. The number of nitrogens with one attached hydrogen (secondary N) is 1. The van der Waals surface area contributed by atoms with E-state index in [-0.39, 0.29) is 5.82 Å². The molecule has 1 N–H and O–H groups in total. The van der Waals surface area contributed by atoms with E-state index in [1.165, 1.54) is 25.7 Å². The topological polar surface area (TPSA) is 27.6 Å². The molecule has 1 saturated heterocycles. The summed E-state index contributed by atoms with van der Waals surface area (Å²) in [6.45, 7) is 2.85. The molecule has 0 amide bonds. The molecule has 2 aromatic rings. The molecule has 0 aliphatic carbocycles. The molecule has 0 unspecified atom stereocenters. The Morgan fingerprint density at radius 2 is 1.75 bits per heavy atom. The second-order valence-electron chi connectivity index (χ2n) is 6.28. The highest BCUT2D eigenvalue weighted by Crippen LogP contribution is 2.16. The Balaban J connectivity index is 1.59. The van der Waals surface area contributed by atoms with Gasteiger partial charge in [-0.1, -0.05) is 43.2 Å². The van der Waals surface area contributed by atoms with E-state index in [4.69, 9.17) is 0 Å². The molecule has 126 valence electrons. The van der Waals surface area contributed by atoms with Crippen molar-refractivity contribution in [2.45, 2.75) is 32.2 Å². The van der Waals surface area contributed by atoms with Crippen molar-refractivity contribution in [3.05, 3.63) is 65.5 Å². The van der Waals surface area contributed by atoms with Crippen molar-refractivity contribution >= 4 is 11.9 Å². The minimum Gasteiger partial charge on any atom is -0.299 e. The van der Waals surface area contributed by atoms with Crippen LogP contribution in [-0.4, -0.2) is 24.2 Å². The average Bonchev–Trinajstić information content (AvgIpc) is 2.87. The minimum atomic E-state index is -0.150. The van der Waals surface area contributed by atoms with Crippen LogP contribution >= 0.6 is 0 Å². The number of hydrogen-bond acceptors (Lipinski definition) is 3. The van der Waals surface area contributed by atoms with Crippen LogP contribution in [0.4, 0.5) is 10.1 Å². The lowest BCUT2D eigenvalue weighted by Gasteiger charge is -2.20. The number of para-hydroxylation sites is 1. The average molecular weight is 325 g/mol. The lowest BCUT2D eigenvalue weighted by Crippen LogP contribution is -2.24. The van der Waals surface area contributed by atoms with Crippen LogP contribution in [0.3, 0.4) is 0 Å². The third kappa shape index (κ3) is 4.90. The van der Waals surface area contributed by atoms with Gasteiger partial charge in [-0.15, -0.1) is 0 Å². The summed E-state index contributed by atoms with van der Waals surface area (Å²) in [5, 5.41) is 4.16. The van der Waals surface area contributed by atoms with E-state index >= 15 is 0 Å². The zero-order valence-corrected chi connectivity index (χ0v) is 13.9. The Morgan fingerprint density at radius 1 is 1.00 bits per heavy atom. The van der Waals surface area contributed by atoms with Crippen molar-refractivity contribution in [2.24, 2.45) is 5.10 Å². The predicted octanol–water partition coefficient (Wildman–Crippen LogP) is 4.65. The van der Waals surface area contributed by atoms with E-state index in [0.717, 1.165) is 29.9 Å². The van der Waals surface area contributed by atoms with E-state index in [9.17, 15) is 4.39 Å². The molecule has 0 bridgehead atoms. The van der Waals surface area contributed by atoms with E-state index in [0.29, 0.717) is 6.54 Å². The van der Waals surface area contributed by atoms with Crippen LogP contribution in [0, 0.1) is 5.82 Å². The van der Waals surface area contributed by atoms with Crippen LogP contribution in [-0.2, 0) is 6.54 Å². The first-order valence-corrected chi connectivity index (χ1v) is 8.66. The summed E-state index contributed by atoms with van der Waals surface area (Å²) in [7, 11) is 0. The minimum absolute atomic E-state index is 0.150. The van der Waals surface area contributed by atoms with Crippen molar-refractivity contribution in [2.75, 3.05) is 18.5 Å². The third-order valence-corrected chi connectivity index (χ3v) is 4.35. The first-order chi connectivity index (χ1) is 11.8. The van der Waals surface area contributed by atoms with Gasteiger partial charge in [0.05, 0.1) is 11.9 Å². The standard InChI is InChI=1S/C20H24FN3/c21-20-14-17(15-22-23-19-8-4-3-5-9-19)10-11-18(20)16-24-12-6-1-2-7-13-24/h3-5,8-11,14-15,23H,1-2,6-7,12-13,16H2. The predicted molar refractivity (Wildman–Crippen MR) is 97.8 cm³/mol. The molecule has 0 spiro atoms. The van der Waals surface area contributed by atoms with Gasteiger partial charge in [0.1, 0.15) is 5.82 Å². The molecule has 0 aromatic heterocycles. The first kappa shape index (κ1) is 16.7. The maximum atomic E-state index is 14.3. The summed E-state index contributed by atoms with van der Waals surface area (Å²) in [5.74, 6) is -0.150. The number of halogens is 1. The number of hydrazone groups is 1. The molecule has 24 heavy (non-hydrogen) atoms. The van der Waals surface area contributed by atoms with Crippen molar-refractivity contribution in [3.63, 3.8) is 0 Å². The molecular formula is C20H24FN3. The van der Waals surface area contributed by atoms with Crippen molar-refractivity contribution in [1.29, 1.82) is 0 Å². The van der Waals surface area contributed by atoms with Crippen LogP contribution < -0.4 is 5.43 Å². The van der Waals surface area contributed by atoms with Crippen molar-refractivity contribution in [3.8, 4) is 0 Å². The summed E-state index contributed by atoms with van der Waals surface area (Å²) < 4.78 is 14.3. The Labute approximate surface area is 143 Å². The van der Waals surface area contributed by atoms with Gasteiger partial charge in [0.25, 0.3) is 0 Å². The molecule has 0 atom stereocenters. The summed E-state index contributed by atoms with van der Waals surface area (Å²) in [6, 6.07) is 15.1. The van der Waals surface area contributed by atoms with Gasteiger partial charge in [-0.05, 0) is 49.7 Å². The Morgan fingerprint density at radius 3 is 2.46 bits per heavy atom. The van der Waals surface area contributed by atoms with Crippen LogP contribution in [0.1, 0.15) is 36.8 Å². The molecule has 1 heterocycles. The first-order valence-electron chi connectivity index (χ1n) is 8.66. The second-order valence-corrected chi connectivity index (χ2v) is 6.28. The lowest BCUT2D eigenvalue weighted by molar-refractivity contribution is 0.273. The van der Waals surface area contributed by atoms with Gasteiger partial charge in [0, 0.05) is 12.1 Å². The summed E-state index contributed by atoms with van der Waals surface area (Å²) >= 11 is 0. The van der Waals surface area contributed by atoms with Crippen LogP contribution in [0.5, 0.6) is 0 Å². The normalized spacial score (nSPS) is 16.2. The number of benzene rings is 2. The van der Waals surface area contributed by atoms with Gasteiger partial charge in [-0.3, -0.25) is 10.3 Å². The molecular weight excluding hydrogens is 301 g/mol. The van der Waals surface area contributed by atoms with Gasteiger partial charge >= 0.3 is 0 Å². The molecule has 1 aliphatic rings. The Kier molecular flexibility index (Phi) is 5.96. The van der Waals surface area contributed by atoms with Crippen LogP contribution in [0.2, 0.25) is 0 Å². The van der Waals surface area contributed by atoms with Crippen LogP contribution in [0.15, 0.2) is 53.6 Å². The third-order valence-electron chi connectivity index (χ3n) is 4.35. The molecule has 2 aromatic carbocycles. The number of hydrogen-bond donors (Lipinski definition) is 1. The fraction of sp³-hybridized carbons (Fsp3) is 0.350. The number of anilines is 1. The molecule has 3 rings (SSSR count). The molecule has 1 fully saturated rings. The smallest absolute Gasteiger partial charge is 0.128 e. The molecule has 0 radical (unpaired) electrons. The SMILES string of the molecule is Fc1cc(C=NNc2ccccc2)ccc1CN1CCCCCC1. The van der Waals surface area contributed by atoms with Gasteiger partial charge < -0.3 is 0 Å². The van der Waals surface area contributed by atoms with Crippen molar-refractivity contribution in [1.82, 2.24) is 4.90 Å². The highest BCUT2D eigenvalue weighted by atomic mass is 19.1. The van der Waals surface area contributed by atoms with Crippen molar-refractivity contribution < 1.29 is 4.39 Å². The quantitative estimate of drug-likeness (QED) is 0.640. The fourth-order valence-electron chi connectivity index (χ4n) is 3.00. The second kappa shape index (κ2) is 8.60. The van der Waals surface area contributed by atoms with E-state index < -0.39 is 0 Å². The molecule has 1 aliphatic heterocycles. The summed E-state index contributed by atoms with van der Waals surface area (Å²) in [6.07, 6.45) is 6.67. The highest BCUT2D eigenvalue weighted by molar-refractivity contribution is 5.80. The largest absolute Gasteiger partial charge is 0.299 e. The maximum Gasteiger partial charge on any atom is 0.128 e. The van der Waals surface area contributed by atoms with Gasteiger partial charge in [0.15, 0.2) is 0 Å². The molecule has 4 heteroatoms. The monoisotopic (exact) mass is 325 g/mol. The van der Waals surface area contributed by atoms with Gasteiger partial charge in [-0.25, -0.2) is 4.39 Å². The zero-order chi connectivity index (χ0) is 16.6. The van der Waals surface area contributed by atoms with E-state index in [2.05, 4.69) is 15.4 Å². The number of nitrogens with zero attached hydrogens (tertiary/aromatic N) is 2. The maximum absolute atomic E-state index is 14.3. The number of likely N-dealkylation sites (tertiary alicyclic amines) is 1. The summed E-state index contributed by atoms with van der Waals surface area (Å²) in [4.78, 5) is 2.36. The Bertz CT molecular complexity index is 662. The van der Waals surface area contributed by atoms with Crippen LogP contribution in [0.25, 0.3) is 0 Å². The van der Waals surface area contributed by atoms with Gasteiger partial charge in [0.2, 0.25) is 0 Å². The molecule has 3 nitrogen and oxygen atoms in total. The van der Waals surface area contributed by atoms with E-state index in [1.54, 1.807) is 12.3 Å². The number of rotatable bonds is 5.